The van der Waals surface area contributed by atoms with Crippen LogP contribution in [0.1, 0.15) is 32.8 Å². The number of halogens is 1. The lowest BCUT2D eigenvalue weighted by Gasteiger charge is -2.12. The molecule has 2 atom stereocenters. The van der Waals surface area contributed by atoms with Gasteiger partial charge in [0.2, 0.25) is 10.0 Å². The highest BCUT2D eigenvalue weighted by Gasteiger charge is 2.36. The van der Waals surface area contributed by atoms with E-state index < -0.39 is 10.0 Å². The minimum absolute atomic E-state index is 0.0874. The number of nitrogens with one attached hydrogen (secondary N) is 2. The van der Waals surface area contributed by atoms with Crippen LogP contribution in [0.5, 0.6) is 0 Å². The van der Waals surface area contributed by atoms with Crippen molar-refractivity contribution in [2.75, 3.05) is 0 Å². The Kier molecular flexibility index (Phi) is 4.89. The van der Waals surface area contributed by atoms with Crippen LogP contribution < -0.4 is 10.0 Å². The summed E-state index contributed by atoms with van der Waals surface area (Å²) < 4.78 is 28.1. The van der Waals surface area contributed by atoms with E-state index >= 15 is 0 Å². The van der Waals surface area contributed by atoms with Gasteiger partial charge in [0.15, 0.2) is 0 Å². The number of hydrogen-bond donors (Lipinski definition) is 2. The molecule has 1 aromatic rings. The highest BCUT2D eigenvalue weighted by Crippen LogP contribution is 2.32. The lowest BCUT2D eigenvalue weighted by Crippen LogP contribution is -2.27. The average Bonchev–Trinajstić information content (AvgIpc) is 3.02. The summed E-state index contributed by atoms with van der Waals surface area (Å²) in [5.41, 5.74) is 0.964. The molecule has 0 aliphatic heterocycles. The molecule has 1 saturated carbocycles. The number of hydrogen-bond acceptors (Lipinski definition) is 3. The first-order chi connectivity index (χ1) is 9.29. The molecular weight excluding hydrogens is 340 g/mol. The van der Waals surface area contributed by atoms with E-state index in [0.717, 1.165) is 12.0 Å². The van der Waals surface area contributed by atoms with Crippen LogP contribution in [0, 0.1) is 5.92 Å². The van der Waals surface area contributed by atoms with Gasteiger partial charge in [-0.15, -0.1) is 0 Å². The smallest absolute Gasteiger partial charge is 0.241 e. The van der Waals surface area contributed by atoms with Crippen LogP contribution >= 0.6 is 15.9 Å². The van der Waals surface area contributed by atoms with Crippen LogP contribution in [-0.4, -0.2) is 20.5 Å². The van der Waals surface area contributed by atoms with Crippen LogP contribution in [-0.2, 0) is 16.6 Å². The van der Waals surface area contributed by atoms with E-state index in [2.05, 4.69) is 39.8 Å². The standard InChI is InChI=1S/C14H21BrN2O2S/c1-9(2)16-8-11-4-5-12(15)14(7-11)20(18,19)17-13-6-10(13)3/h4-5,7,9-10,13,16-17H,6,8H2,1-3H3. The Morgan fingerprint density at radius 3 is 2.60 bits per heavy atom. The van der Waals surface area contributed by atoms with E-state index in [4.69, 9.17) is 0 Å². The molecule has 1 fully saturated rings. The molecule has 0 amide bonds. The second kappa shape index (κ2) is 6.13. The minimum atomic E-state index is -3.45. The van der Waals surface area contributed by atoms with Crippen molar-refractivity contribution >= 4 is 26.0 Å². The van der Waals surface area contributed by atoms with Crippen molar-refractivity contribution < 1.29 is 8.42 Å². The second-order valence-corrected chi connectivity index (χ2v) is 8.28. The van der Waals surface area contributed by atoms with Gasteiger partial charge < -0.3 is 5.32 Å². The highest BCUT2D eigenvalue weighted by molar-refractivity contribution is 9.10. The molecule has 112 valence electrons. The number of rotatable bonds is 6. The van der Waals surface area contributed by atoms with Crippen molar-refractivity contribution in [3.8, 4) is 0 Å². The van der Waals surface area contributed by atoms with Gasteiger partial charge in [-0.2, -0.15) is 0 Å². The summed E-state index contributed by atoms with van der Waals surface area (Å²) >= 11 is 3.33. The van der Waals surface area contributed by atoms with Gasteiger partial charge in [0, 0.05) is 23.1 Å². The lowest BCUT2D eigenvalue weighted by molar-refractivity contribution is 0.576. The van der Waals surface area contributed by atoms with Crippen LogP contribution in [0.15, 0.2) is 27.6 Å². The summed E-state index contributed by atoms with van der Waals surface area (Å²) in [6.45, 7) is 6.83. The fourth-order valence-electron chi connectivity index (χ4n) is 1.93. The third-order valence-electron chi connectivity index (χ3n) is 3.42. The average molecular weight is 361 g/mol. The molecule has 0 spiro atoms. The Morgan fingerprint density at radius 2 is 2.05 bits per heavy atom. The maximum atomic E-state index is 12.4. The predicted molar refractivity (Wildman–Crippen MR) is 84.0 cm³/mol. The highest BCUT2D eigenvalue weighted by atomic mass is 79.9. The molecular formula is C14H21BrN2O2S. The summed E-state index contributed by atoms with van der Waals surface area (Å²) in [7, 11) is -3.45. The zero-order valence-electron chi connectivity index (χ0n) is 12.0. The molecule has 0 aromatic heterocycles. The van der Waals surface area contributed by atoms with Crippen molar-refractivity contribution in [3.63, 3.8) is 0 Å². The Morgan fingerprint density at radius 1 is 1.40 bits per heavy atom. The normalized spacial score (nSPS) is 22.2. The summed E-state index contributed by atoms with van der Waals surface area (Å²) in [6, 6.07) is 5.91. The monoisotopic (exact) mass is 360 g/mol. The predicted octanol–water partition coefficient (Wildman–Crippen LogP) is 2.63. The van der Waals surface area contributed by atoms with Crippen molar-refractivity contribution in [2.24, 2.45) is 5.92 Å². The minimum Gasteiger partial charge on any atom is -0.310 e. The third-order valence-corrected chi connectivity index (χ3v) is 5.90. The Bertz CT molecular complexity index is 587. The third kappa shape index (κ3) is 4.04. The number of benzene rings is 1. The van der Waals surface area contributed by atoms with E-state index in [1.54, 1.807) is 12.1 Å². The Labute approximate surface area is 129 Å². The van der Waals surface area contributed by atoms with Crippen LogP contribution in [0.3, 0.4) is 0 Å². The molecule has 2 unspecified atom stereocenters. The molecule has 6 heteroatoms. The van der Waals surface area contributed by atoms with Gasteiger partial charge in [-0.1, -0.05) is 26.8 Å². The first-order valence-electron chi connectivity index (χ1n) is 6.83. The molecule has 2 N–H and O–H groups in total. The van der Waals surface area contributed by atoms with Gasteiger partial charge >= 0.3 is 0 Å². The molecule has 0 saturated heterocycles. The topological polar surface area (TPSA) is 58.2 Å². The zero-order chi connectivity index (χ0) is 14.9. The maximum Gasteiger partial charge on any atom is 0.241 e. The van der Waals surface area contributed by atoms with Crippen molar-refractivity contribution in [3.05, 3.63) is 28.2 Å². The van der Waals surface area contributed by atoms with Gasteiger partial charge in [-0.25, -0.2) is 13.1 Å². The van der Waals surface area contributed by atoms with E-state index in [-0.39, 0.29) is 6.04 Å². The van der Waals surface area contributed by atoms with Gasteiger partial charge in [-0.3, -0.25) is 0 Å². The number of sulfonamides is 1. The largest absolute Gasteiger partial charge is 0.310 e. The Balaban J connectivity index is 2.19. The molecule has 0 radical (unpaired) electrons. The van der Waals surface area contributed by atoms with Crippen LogP contribution in [0.25, 0.3) is 0 Å². The molecule has 1 aliphatic rings. The SMILES string of the molecule is CC(C)NCc1ccc(Br)c(S(=O)(=O)NC2CC2C)c1. The molecule has 0 bridgehead atoms. The summed E-state index contributed by atoms with van der Waals surface area (Å²) in [6.07, 6.45) is 0.922. The molecule has 2 rings (SSSR count). The van der Waals surface area contributed by atoms with Gasteiger partial charge in [0.25, 0.3) is 0 Å². The van der Waals surface area contributed by atoms with Crippen molar-refractivity contribution in [2.45, 2.75) is 50.7 Å². The van der Waals surface area contributed by atoms with E-state index in [0.29, 0.717) is 27.9 Å². The van der Waals surface area contributed by atoms with Gasteiger partial charge in [0.1, 0.15) is 0 Å². The molecule has 0 heterocycles. The first kappa shape index (κ1) is 15.9. The molecule has 20 heavy (non-hydrogen) atoms. The summed E-state index contributed by atoms with van der Waals surface area (Å²) in [5.74, 6) is 0.439. The van der Waals surface area contributed by atoms with E-state index in [9.17, 15) is 8.42 Å². The lowest BCUT2D eigenvalue weighted by atomic mass is 10.2. The Hall–Kier alpha value is -0.430. The fraction of sp³-hybridized carbons (Fsp3) is 0.571. The van der Waals surface area contributed by atoms with Crippen molar-refractivity contribution in [1.82, 2.24) is 10.0 Å². The summed E-state index contributed by atoms with van der Waals surface area (Å²) in [5, 5.41) is 3.29. The zero-order valence-corrected chi connectivity index (χ0v) is 14.4. The van der Waals surface area contributed by atoms with Gasteiger partial charge in [-0.05, 0) is 46.0 Å². The van der Waals surface area contributed by atoms with Gasteiger partial charge in [0.05, 0.1) is 4.90 Å². The maximum absolute atomic E-state index is 12.4. The fourth-order valence-corrected chi connectivity index (χ4v) is 4.31. The van der Waals surface area contributed by atoms with Crippen molar-refractivity contribution in [1.29, 1.82) is 0 Å². The quantitative estimate of drug-likeness (QED) is 0.819. The molecule has 1 aromatic carbocycles. The van der Waals surface area contributed by atoms with E-state index in [1.807, 2.05) is 13.0 Å². The molecule has 1 aliphatic carbocycles. The first-order valence-corrected chi connectivity index (χ1v) is 9.11. The second-order valence-electron chi connectivity index (χ2n) is 5.74. The van der Waals surface area contributed by atoms with Crippen LogP contribution in [0.2, 0.25) is 0 Å². The molecule has 4 nitrogen and oxygen atoms in total. The van der Waals surface area contributed by atoms with Crippen LogP contribution in [0.4, 0.5) is 0 Å². The summed E-state index contributed by atoms with van der Waals surface area (Å²) in [4.78, 5) is 0.319. The van der Waals surface area contributed by atoms with E-state index in [1.165, 1.54) is 0 Å².